The summed E-state index contributed by atoms with van der Waals surface area (Å²) >= 11 is 5.92. The van der Waals surface area contributed by atoms with E-state index in [-0.39, 0.29) is 0 Å². The summed E-state index contributed by atoms with van der Waals surface area (Å²) in [7, 11) is 0. The van der Waals surface area contributed by atoms with E-state index in [2.05, 4.69) is 4.98 Å². The Kier molecular flexibility index (Phi) is 3.52. The molecule has 0 spiro atoms. The molecule has 0 radical (unpaired) electrons. The number of hydrogen-bond acceptors (Lipinski definition) is 1. The van der Waals surface area contributed by atoms with Crippen LogP contribution in [0.2, 0.25) is 0 Å². The van der Waals surface area contributed by atoms with Gasteiger partial charge in [-0.1, -0.05) is 0 Å². The van der Waals surface area contributed by atoms with Gasteiger partial charge in [0.1, 0.15) is 11.6 Å². The van der Waals surface area contributed by atoms with Crippen LogP contribution in [0.3, 0.4) is 0 Å². The van der Waals surface area contributed by atoms with Crippen molar-refractivity contribution in [1.82, 2.24) is 9.55 Å². The molecule has 1 aromatic carbocycles. The van der Waals surface area contributed by atoms with Gasteiger partial charge in [0.05, 0.1) is 23.0 Å². The normalized spacial score (nSPS) is 13.5. The maximum absolute atomic E-state index is 13.4. The smallest absolute Gasteiger partial charge is 0.256 e. The molecule has 0 amide bonds. The minimum absolute atomic E-state index is 0.331. The zero-order chi connectivity index (χ0) is 13.4. The molecule has 0 saturated heterocycles. The maximum atomic E-state index is 13.4. The molecule has 18 heavy (non-hydrogen) atoms. The van der Waals surface area contributed by atoms with Gasteiger partial charge in [-0.2, -0.15) is 0 Å². The van der Waals surface area contributed by atoms with E-state index in [1.807, 2.05) is 0 Å². The lowest BCUT2D eigenvalue weighted by Gasteiger charge is -2.09. The molecule has 0 bridgehead atoms. The SMILES string of the molecule is Cc1cc2c(cc1F)nc(C(C)Cl)n2CC(F)F. The van der Waals surface area contributed by atoms with Crippen molar-refractivity contribution in [2.75, 3.05) is 0 Å². The summed E-state index contributed by atoms with van der Waals surface area (Å²) in [5.74, 6) is -0.0741. The summed E-state index contributed by atoms with van der Waals surface area (Å²) in [6, 6.07) is 2.76. The van der Waals surface area contributed by atoms with Gasteiger partial charge in [-0.3, -0.25) is 0 Å². The monoisotopic (exact) mass is 276 g/mol. The molecule has 0 fully saturated rings. The molecule has 6 heteroatoms. The first-order chi connectivity index (χ1) is 8.40. The van der Waals surface area contributed by atoms with Crippen LogP contribution < -0.4 is 0 Å². The number of rotatable bonds is 3. The highest BCUT2D eigenvalue weighted by molar-refractivity contribution is 6.20. The van der Waals surface area contributed by atoms with E-state index in [4.69, 9.17) is 11.6 Å². The molecule has 0 aliphatic carbocycles. The summed E-state index contributed by atoms with van der Waals surface area (Å²) in [6.07, 6.45) is -2.51. The fourth-order valence-electron chi connectivity index (χ4n) is 1.90. The molecule has 1 heterocycles. The van der Waals surface area contributed by atoms with E-state index < -0.39 is 24.2 Å². The molecule has 1 atom stereocenters. The predicted octanol–water partition coefficient (Wildman–Crippen LogP) is 4.05. The van der Waals surface area contributed by atoms with Crippen LogP contribution >= 0.6 is 11.6 Å². The average Bonchev–Trinajstić information content (AvgIpc) is 2.57. The summed E-state index contributed by atoms with van der Waals surface area (Å²) in [6.45, 7) is 2.74. The second-order valence-corrected chi connectivity index (χ2v) is 4.83. The first-order valence-electron chi connectivity index (χ1n) is 5.48. The van der Waals surface area contributed by atoms with Crippen molar-refractivity contribution in [3.63, 3.8) is 0 Å². The highest BCUT2D eigenvalue weighted by Gasteiger charge is 2.18. The van der Waals surface area contributed by atoms with Gasteiger partial charge in [0.25, 0.3) is 6.43 Å². The van der Waals surface area contributed by atoms with E-state index in [0.29, 0.717) is 22.4 Å². The minimum Gasteiger partial charge on any atom is -0.321 e. The van der Waals surface area contributed by atoms with E-state index in [0.717, 1.165) is 0 Å². The van der Waals surface area contributed by atoms with E-state index in [1.165, 1.54) is 16.7 Å². The number of aromatic nitrogens is 2. The molecular formula is C12H12ClF3N2. The van der Waals surface area contributed by atoms with E-state index in [1.54, 1.807) is 13.8 Å². The molecule has 0 N–H and O–H groups in total. The van der Waals surface area contributed by atoms with Gasteiger partial charge < -0.3 is 4.57 Å². The highest BCUT2D eigenvalue weighted by Crippen LogP contribution is 2.27. The van der Waals surface area contributed by atoms with Crippen molar-refractivity contribution < 1.29 is 13.2 Å². The van der Waals surface area contributed by atoms with Crippen molar-refractivity contribution in [3.8, 4) is 0 Å². The van der Waals surface area contributed by atoms with Gasteiger partial charge in [-0.05, 0) is 25.5 Å². The molecule has 2 aromatic rings. The zero-order valence-corrected chi connectivity index (χ0v) is 10.7. The van der Waals surface area contributed by atoms with Crippen LogP contribution in [0.15, 0.2) is 12.1 Å². The van der Waals surface area contributed by atoms with Crippen LogP contribution in [0, 0.1) is 12.7 Å². The molecule has 98 valence electrons. The Morgan fingerprint density at radius 3 is 2.61 bits per heavy atom. The summed E-state index contributed by atoms with van der Waals surface area (Å²) in [5, 5.41) is -0.514. The van der Waals surface area contributed by atoms with Gasteiger partial charge in [0.2, 0.25) is 0 Å². The van der Waals surface area contributed by atoms with Crippen molar-refractivity contribution in [2.45, 2.75) is 32.2 Å². The number of hydrogen-bond donors (Lipinski definition) is 0. The van der Waals surface area contributed by atoms with Gasteiger partial charge in [0, 0.05) is 6.07 Å². The molecule has 1 aromatic heterocycles. The van der Waals surface area contributed by atoms with E-state index >= 15 is 0 Å². The van der Waals surface area contributed by atoms with Gasteiger partial charge in [-0.15, -0.1) is 11.6 Å². The summed E-state index contributed by atoms with van der Waals surface area (Å²) in [4.78, 5) is 4.12. The van der Waals surface area contributed by atoms with Crippen LogP contribution in [0.1, 0.15) is 23.7 Å². The van der Waals surface area contributed by atoms with Crippen LogP contribution in [-0.2, 0) is 6.54 Å². The number of benzene rings is 1. The number of fused-ring (bicyclic) bond motifs is 1. The Labute approximate surface area is 107 Å². The van der Waals surface area contributed by atoms with Crippen molar-refractivity contribution in [1.29, 1.82) is 0 Å². The third-order valence-corrected chi connectivity index (χ3v) is 2.93. The summed E-state index contributed by atoms with van der Waals surface area (Å²) < 4.78 is 39.9. The molecule has 0 aliphatic rings. The highest BCUT2D eigenvalue weighted by atomic mass is 35.5. The van der Waals surface area contributed by atoms with E-state index in [9.17, 15) is 13.2 Å². The molecule has 0 aliphatic heterocycles. The molecule has 0 saturated carbocycles. The summed E-state index contributed by atoms with van der Waals surface area (Å²) in [5.41, 5.74) is 1.23. The predicted molar refractivity (Wildman–Crippen MR) is 64.7 cm³/mol. The molecular weight excluding hydrogens is 265 g/mol. The lowest BCUT2D eigenvalue weighted by Crippen LogP contribution is -2.10. The average molecular weight is 277 g/mol. The first-order valence-corrected chi connectivity index (χ1v) is 5.92. The van der Waals surface area contributed by atoms with Crippen molar-refractivity contribution in [2.24, 2.45) is 0 Å². The first kappa shape index (κ1) is 13.2. The third kappa shape index (κ3) is 2.32. The quantitative estimate of drug-likeness (QED) is 0.774. The lowest BCUT2D eigenvalue weighted by atomic mass is 10.2. The topological polar surface area (TPSA) is 17.8 Å². The maximum Gasteiger partial charge on any atom is 0.256 e. The molecule has 2 nitrogen and oxygen atoms in total. The fraction of sp³-hybridized carbons (Fsp3) is 0.417. The number of nitrogens with zero attached hydrogens (tertiary/aromatic N) is 2. The second kappa shape index (κ2) is 4.80. The fourth-order valence-corrected chi connectivity index (χ4v) is 2.07. The lowest BCUT2D eigenvalue weighted by molar-refractivity contribution is 0.127. The zero-order valence-electron chi connectivity index (χ0n) is 9.92. The van der Waals surface area contributed by atoms with Crippen LogP contribution in [0.5, 0.6) is 0 Å². The number of alkyl halides is 3. The Balaban J connectivity index is 2.68. The number of aryl methyl sites for hydroxylation is 1. The largest absolute Gasteiger partial charge is 0.321 e. The van der Waals surface area contributed by atoms with Crippen LogP contribution in [0.4, 0.5) is 13.2 Å². The Morgan fingerprint density at radius 1 is 1.39 bits per heavy atom. The molecule has 2 rings (SSSR count). The van der Waals surface area contributed by atoms with Gasteiger partial charge >= 0.3 is 0 Å². The Morgan fingerprint density at radius 2 is 2.06 bits per heavy atom. The standard InChI is InChI=1S/C12H12ClF3N2/c1-6-3-10-9(4-8(6)14)17-12(7(2)13)18(10)5-11(15)16/h3-4,7,11H,5H2,1-2H3. The van der Waals surface area contributed by atoms with Crippen LogP contribution in [0.25, 0.3) is 11.0 Å². The van der Waals surface area contributed by atoms with Crippen molar-refractivity contribution in [3.05, 3.63) is 29.3 Å². The minimum atomic E-state index is -2.51. The Bertz CT molecular complexity index is 578. The second-order valence-electron chi connectivity index (χ2n) is 4.18. The number of imidazole rings is 1. The van der Waals surface area contributed by atoms with Gasteiger partial charge in [-0.25, -0.2) is 18.2 Å². The van der Waals surface area contributed by atoms with Crippen LogP contribution in [-0.4, -0.2) is 16.0 Å². The number of halogens is 4. The van der Waals surface area contributed by atoms with Gasteiger partial charge in [0.15, 0.2) is 0 Å². The van der Waals surface area contributed by atoms with Crippen molar-refractivity contribution >= 4 is 22.6 Å². The Hall–Kier alpha value is -1.23. The molecule has 1 unspecified atom stereocenters. The third-order valence-electron chi connectivity index (χ3n) is 2.73.